The molecule has 1 unspecified atom stereocenters. The molecule has 0 spiro atoms. The van der Waals surface area contributed by atoms with Crippen LogP contribution in [0.4, 0.5) is 0 Å². The van der Waals surface area contributed by atoms with E-state index in [-0.39, 0.29) is 30.0 Å². The molecule has 2 rings (SSSR count). The smallest absolute Gasteiger partial charge is 0.307 e. The first-order valence-electron chi connectivity index (χ1n) is 12.8. The molecule has 0 bridgehead atoms. The SMILES string of the molecule is C=C(C)/C=C/C=C(C)/C=C/C1=C(C)C(=O)C(OC(=O)CCC(=O)OCC2CCCCC2)CC1(C)C. The number of hydrogen-bond donors (Lipinski definition) is 0. The summed E-state index contributed by atoms with van der Waals surface area (Å²) in [6.45, 7) is 14.1. The Morgan fingerprint density at radius 1 is 1.06 bits per heavy atom. The van der Waals surface area contributed by atoms with E-state index in [1.54, 1.807) is 6.92 Å². The van der Waals surface area contributed by atoms with Crippen molar-refractivity contribution in [2.24, 2.45) is 11.3 Å². The van der Waals surface area contributed by atoms with Crippen LogP contribution in [-0.2, 0) is 23.9 Å². The van der Waals surface area contributed by atoms with Crippen LogP contribution >= 0.6 is 0 Å². The fraction of sp³-hybridized carbons (Fsp3) is 0.567. The van der Waals surface area contributed by atoms with E-state index in [4.69, 9.17) is 9.47 Å². The Hall–Kier alpha value is -2.69. The molecule has 35 heavy (non-hydrogen) atoms. The summed E-state index contributed by atoms with van der Waals surface area (Å²) in [6.07, 6.45) is 15.1. The van der Waals surface area contributed by atoms with Gasteiger partial charge < -0.3 is 9.47 Å². The molecule has 0 aliphatic heterocycles. The van der Waals surface area contributed by atoms with Gasteiger partial charge in [0.25, 0.3) is 0 Å². The Balaban J connectivity index is 1.91. The lowest BCUT2D eigenvalue weighted by atomic mass is 9.71. The van der Waals surface area contributed by atoms with Gasteiger partial charge in [-0.15, -0.1) is 0 Å². The van der Waals surface area contributed by atoms with Crippen molar-refractivity contribution in [3.63, 3.8) is 0 Å². The van der Waals surface area contributed by atoms with Crippen molar-refractivity contribution in [3.8, 4) is 0 Å². The molecule has 0 radical (unpaired) electrons. The van der Waals surface area contributed by atoms with Crippen LogP contribution in [0.1, 0.15) is 86.0 Å². The summed E-state index contributed by atoms with van der Waals surface area (Å²) in [4.78, 5) is 37.4. The highest BCUT2D eigenvalue weighted by molar-refractivity contribution is 6.01. The molecule has 0 N–H and O–H groups in total. The quantitative estimate of drug-likeness (QED) is 0.254. The number of rotatable bonds is 10. The van der Waals surface area contributed by atoms with Gasteiger partial charge in [0.2, 0.25) is 0 Å². The van der Waals surface area contributed by atoms with Gasteiger partial charge in [0.15, 0.2) is 11.9 Å². The highest BCUT2D eigenvalue weighted by Gasteiger charge is 2.39. The second-order valence-electron chi connectivity index (χ2n) is 10.6. The fourth-order valence-electron chi connectivity index (χ4n) is 4.69. The van der Waals surface area contributed by atoms with Gasteiger partial charge in [0.05, 0.1) is 19.4 Å². The Kier molecular flexibility index (Phi) is 10.9. The normalized spacial score (nSPS) is 21.6. The summed E-state index contributed by atoms with van der Waals surface area (Å²) in [5.74, 6) is -0.663. The molecule has 1 saturated carbocycles. The first-order valence-corrected chi connectivity index (χ1v) is 12.8. The Bertz CT molecular complexity index is 922. The number of ketones is 1. The van der Waals surface area contributed by atoms with Crippen LogP contribution in [0.5, 0.6) is 0 Å². The van der Waals surface area contributed by atoms with Crippen LogP contribution in [0.15, 0.2) is 59.3 Å². The lowest BCUT2D eigenvalue weighted by Crippen LogP contribution is -2.39. The number of carbonyl (C=O) groups excluding carboxylic acids is 3. The predicted octanol–water partition coefficient (Wildman–Crippen LogP) is 6.75. The minimum Gasteiger partial charge on any atom is -0.465 e. The fourth-order valence-corrected chi connectivity index (χ4v) is 4.69. The molecule has 2 aliphatic carbocycles. The number of ether oxygens (including phenoxy) is 2. The van der Waals surface area contributed by atoms with Gasteiger partial charge in [-0.3, -0.25) is 14.4 Å². The topological polar surface area (TPSA) is 69.7 Å². The molecule has 192 valence electrons. The van der Waals surface area contributed by atoms with Crippen LogP contribution in [0.25, 0.3) is 0 Å². The van der Waals surface area contributed by atoms with Crippen molar-refractivity contribution in [2.75, 3.05) is 6.61 Å². The van der Waals surface area contributed by atoms with Crippen molar-refractivity contribution < 1.29 is 23.9 Å². The van der Waals surface area contributed by atoms with E-state index in [1.165, 1.54) is 19.3 Å². The van der Waals surface area contributed by atoms with E-state index in [0.717, 1.165) is 29.6 Å². The summed E-state index contributed by atoms with van der Waals surface area (Å²) in [6, 6.07) is 0. The van der Waals surface area contributed by atoms with E-state index in [2.05, 4.69) is 6.58 Å². The van der Waals surface area contributed by atoms with Gasteiger partial charge in [-0.05, 0) is 56.1 Å². The Morgan fingerprint density at radius 2 is 1.71 bits per heavy atom. The Morgan fingerprint density at radius 3 is 2.37 bits per heavy atom. The number of allylic oxidation sites excluding steroid dienone is 8. The van der Waals surface area contributed by atoms with Crippen molar-refractivity contribution >= 4 is 17.7 Å². The first kappa shape index (κ1) is 28.5. The molecular weight excluding hydrogens is 440 g/mol. The Labute approximate surface area is 211 Å². The molecule has 0 aromatic carbocycles. The number of esters is 2. The molecule has 0 aromatic rings. The highest BCUT2D eigenvalue weighted by Crippen LogP contribution is 2.40. The minimum absolute atomic E-state index is 0.0237. The zero-order valence-corrected chi connectivity index (χ0v) is 22.2. The lowest BCUT2D eigenvalue weighted by Gasteiger charge is -2.36. The molecule has 0 amide bonds. The predicted molar refractivity (Wildman–Crippen MR) is 140 cm³/mol. The molecule has 0 aromatic heterocycles. The highest BCUT2D eigenvalue weighted by atomic mass is 16.5. The molecule has 1 fully saturated rings. The third-order valence-corrected chi connectivity index (χ3v) is 6.76. The van der Waals surface area contributed by atoms with Gasteiger partial charge in [-0.25, -0.2) is 0 Å². The third-order valence-electron chi connectivity index (χ3n) is 6.76. The number of carbonyl (C=O) groups is 3. The lowest BCUT2D eigenvalue weighted by molar-refractivity contribution is -0.158. The number of Topliss-reactive ketones (excluding diaryl/α,β-unsaturated/α-hetero) is 1. The molecule has 1 atom stereocenters. The van der Waals surface area contributed by atoms with Gasteiger partial charge in [0.1, 0.15) is 0 Å². The van der Waals surface area contributed by atoms with Gasteiger partial charge in [-0.1, -0.05) is 81.2 Å². The van der Waals surface area contributed by atoms with Crippen molar-refractivity contribution in [2.45, 2.75) is 92.1 Å². The molecule has 0 saturated heterocycles. The van der Waals surface area contributed by atoms with E-state index in [1.807, 2.05) is 58.1 Å². The van der Waals surface area contributed by atoms with Crippen LogP contribution in [0.2, 0.25) is 0 Å². The van der Waals surface area contributed by atoms with Crippen molar-refractivity contribution in [1.82, 2.24) is 0 Å². The largest absolute Gasteiger partial charge is 0.465 e. The summed E-state index contributed by atoms with van der Waals surface area (Å²) in [7, 11) is 0. The third kappa shape index (κ3) is 9.46. The van der Waals surface area contributed by atoms with E-state index >= 15 is 0 Å². The number of hydrogen-bond acceptors (Lipinski definition) is 5. The first-order chi connectivity index (χ1) is 16.5. The summed E-state index contributed by atoms with van der Waals surface area (Å²) < 4.78 is 10.9. The van der Waals surface area contributed by atoms with Crippen molar-refractivity contribution in [1.29, 1.82) is 0 Å². The maximum Gasteiger partial charge on any atom is 0.307 e. The average molecular weight is 483 g/mol. The summed E-state index contributed by atoms with van der Waals surface area (Å²) in [5.41, 5.74) is 3.24. The zero-order chi connectivity index (χ0) is 26.0. The van der Waals surface area contributed by atoms with Crippen LogP contribution in [0, 0.1) is 11.3 Å². The molecular formula is C30H42O5. The minimum atomic E-state index is -0.831. The molecule has 2 aliphatic rings. The van der Waals surface area contributed by atoms with Crippen LogP contribution in [0.3, 0.4) is 0 Å². The van der Waals surface area contributed by atoms with Crippen molar-refractivity contribution in [3.05, 3.63) is 59.3 Å². The average Bonchev–Trinajstić information content (AvgIpc) is 2.79. The summed E-state index contributed by atoms with van der Waals surface area (Å²) >= 11 is 0. The maximum absolute atomic E-state index is 13.0. The molecule has 5 nitrogen and oxygen atoms in total. The second kappa shape index (κ2) is 13.4. The van der Waals surface area contributed by atoms with E-state index in [9.17, 15) is 14.4 Å². The second-order valence-corrected chi connectivity index (χ2v) is 10.6. The van der Waals surface area contributed by atoms with Crippen LogP contribution in [-0.4, -0.2) is 30.4 Å². The molecule has 5 heteroatoms. The maximum atomic E-state index is 13.0. The standard InChI is InChI=1S/C30H42O5/c1-21(2)11-10-12-22(3)15-16-25-23(4)29(33)26(19-30(25,5)6)35-28(32)18-17-27(31)34-20-24-13-8-7-9-14-24/h10-12,15-16,24,26H,1,7-9,13-14,17-20H2,2-6H3/b11-10+,16-15+,22-12+. The van der Waals surface area contributed by atoms with Gasteiger partial charge in [-0.2, -0.15) is 0 Å². The molecule has 0 heterocycles. The van der Waals surface area contributed by atoms with Gasteiger partial charge >= 0.3 is 11.9 Å². The van der Waals surface area contributed by atoms with E-state index in [0.29, 0.717) is 24.5 Å². The van der Waals surface area contributed by atoms with E-state index < -0.39 is 12.1 Å². The van der Waals surface area contributed by atoms with Gasteiger partial charge in [0, 0.05) is 6.42 Å². The zero-order valence-electron chi connectivity index (χ0n) is 22.2. The monoisotopic (exact) mass is 482 g/mol. The summed E-state index contributed by atoms with van der Waals surface area (Å²) in [5, 5.41) is 0. The van der Waals surface area contributed by atoms with Crippen LogP contribution < -0.4 is 0 Å².